The Morgan fingerprint density at radius 3 is 2.61 bits per heavy atom. The second-order valence-corrected chi connectivity index (χ2v) is 9.98. The summed E-state index contributed by atoms with van der Waals surface area (Å²) in [7, 11) is 0. The van der Waals surface area contributed by atoms with Gasteiger partial charge in [-0.3, -0.25) is 9.59 Å². The number of carbonyl (C=O) groups is 2. The van der Waals surface area contributed by atoms with Crippen molar-refractivity contribution >= 4 is 23.5 Å². The fourth-order valence-corrected chi connectivity index (χ4v) is 5.34. The topological polar surface area (TPSA) is 84.9 Å². The molecule has 3 aromatic rings. The van der Waals surface area contributed by atoms with Gasteiger partial charge in [-0.1, -0.05) is 41.4 Å². The first kappa shape index (κ1) is 24.2. The van der Waals surface area contributed by atoms with E-state index in [1.54, 1.807) is 36.4 Å². The molecule has 0 aromatic heterocycles. The smallest absolute Gasteiger partial charge is 0.311 e. The SMILES string of the molecule is Cc1cccc(C2CCC(NC(=O)c3ccc(Oc4cc5c(cc4Cl)C(C(=O)O)CCO5)cc3)C2)c1. The average Bonchev–Trinajstić information content (AvgIpc) is 3.33. The summed E-state index contributed by atoms with van der Waals surface area (Å²) in [6, 6.07) is 18.9. The van der Waals surface area contributed by atoms with E-state index in [0.717, 1.165) is 19.3 Å². The van der Waals surface area contributed by atoms with E-state index < -0.39 is 11.9 Å². The van der Waals surface area contributed by atoms with Gasteiger partial charge in [0.15, 0.2) is 0 Å². The van der Waals surface area contributed by atoms with Gasteiger partial charge in [0.05, 0.1) is 17.5 Å². The molecule has 1 amide bonds. The van der Waals surface area contributed by atoms with E-state index in [1.165, 1.54) is 11.1 Å². The number of hydrogen-bond donors (Lipinski definition) is 2. The Morgan fingerprint density at radius 2 is 1.86 bits per heavy atom. The maximum Gasteiger partial charge on any atom is 0.311 e. The van der Waals surface area contributed by atoms with Crippen LogP contribution >= 0.6 is 11.6 Å². The van der Waals surface area contributed by atoms with Crippen molar-refractivity contribution < 1.29 is 24.2 Å². The van der Waals surface area contributed by atoms with Gasteiger partial charge in [0.1, 0.15) is 17.2 Å². The van der Waals surface area contributed by atoms with E-state index in [2.05, 4.69) is 36.5 Å². The van der Waals surface area contributed by atoms with E-state index in [9.17, 15) is 14.7 Å². The van der Waals surface area contributed by atoms with Gasteiger partial charge in [-0.2, -0.15) is 0 Å². The molecule has 1 heterocycles. The fourth-order valence-electron chi connectivity index (χ4n) is 5.13. The Balaban J connectivity index is 1.21. The van der Waals surface area contributed by atoms with Crippen LogP contribution in [0.15, 0.2) is 60.7 Å². The molecule has 186 valence electrons. The van der Waals surface area contributed by atoms with Crippen LogP contribution in [-0.2, 0) is 4.79 Å². The minimum absolute atomic E-state index is 0.101. The van der Waals surface area contributed by atoms with Crippen LogP contribution in [0.2, 0.25) is 5.02 Å². The largest absolute Gasteiger partial charge is 0.493 e. The normalized spacial score (nSPS) is 20.8. The quantitative estimate of drug-likeness (QED) is 0.401. The molecule has 1 fully saturated rings. The van der Waals surface area contributed by atoms with Gasteiger partial charge >= 0.3 is 5.97 Å². The van der Waals surface area contributed by atoms with E-state index in [-0.39, 0.29) is 11.9 Å². The summed E-state index contributed by atoms with van der Waals surface area (Å²) in [5.74, 6) is 0.167. The third kappa shape index (κ3) is 5.19. The molecule has 3 atom stereocenters. The number of ether oxygens (including phenoxy) is 2. The third-order valence-electron chi connectivity index (χ3n) is 7.03. The lowest BCUT2D eigenvalue weighted by Gasteiger charge is -2.24. The Bertz CT molecular complexity index is 1290. The minimum atomic E-state index is -0.901. The van der Waals surface area contributed by atoms with Crippen LogP contribution in [0, 0.1) is 6.92 Å². The monoisotopic (exact) mass is 505 g/mol. The molecule has 1 aliphatic carbocycles. The number of carbonyl (C=O) groups excluding carboxylic acids is 1. The van der Waals surface area contributed by atoms with Crippen molar-refractivity contribution in [3.05, 3.63) is 87.9 Å². The van der Waals surface area contributed by atoms with Crippen LogP contribution < -0.4 is 14.8 Å². The zero-order chi connectivity index (χ0) is 25.2. The number of halogens is 1. The molecule has 3 aromatic carbocycles. The first-order valence-electron chi connectivity index (χ1n) is 12.2. The van der Waals surface area contributed by atoms with Crippen LogP contribution in [0.3, 0.4) is 0 Å². The lowest BCUT2D eigenvalue weighted by atomic mass is 9.93. The summed E-state index contributed by atoms with van der Waals surface area (Å²) < 4.78 is 11.6. The van der Waals surface area contributed by atoms with Gasteiger partial charge in [-0.15, -0.1) is 0 Å². The molecule has 1 aliphatic heterocycles. The molecule has 1 saturated carbocycles. The predicted molar refractivity (Wildman–Crippen MR) is 137 cm³/mol. The molecular weight excluding hydrogens is 478 g/mol. The van der Waals surface area contributed by atoms with Crippen molar-refractivity contribution in [2.45, 2.75) is 50.5 Å². The number of hydrogen-bond acceptors (Lipinski definition) is 4. The van der Waals surface area contributed by atoms with E-state index in [4.69, 9.17) is 21.1 Å². The summed E-state index contributed by atoms with van der Waals surface area (Å²) in [5.41, 5.74) is 3.72. The summed E-state index contributed by atoms with van der Waals surface area (Å²) in [4.78, 5) is 24.4. The highest BCUT2D eigenvalue weighted by Crippen LogP contribution is 2.42. The Morgan fingerprint density at radius 1 is 1.06 bits per heavy atom. The highest BCUT2D eigenvalue weighted by molar-refractivity contribution is 6.32. The zero-order valence-electron chi connectivity index (χ0n) is 20.0. The van der Waals surface area contributed by atoms with Gasteiger partial charge < -0.3 is 19.9 Å². The van der Waals surface area contributed by atoms with Crippen LogP contribution in [0.4, 0.5) is 0 Å². The highest BCUT2D eigenvalue weighted by Gasteiger charge is 2.29. The van der Waals surface area contributed by atoms with Crippen molar-refractivity contribution in [2.75, 3.05) is 6.61 Å². The fraction of sp³-hybridized carbons (Fsp3) is 0.310. The van der Waals surface area contributed by atoms with Crippen molar-refractivity contribution in [3.63, 3.8) is 0 Å². The number of fused-ring (bicyclic) bond motifs is 1. The molecule has 2 aliphatic rings. The number of carboxylic acid groups (broad SMARTS) is 1. The number of rotatable bonds is 6. The van der Waals surface area contributed by atoms with Gasteiger partial charge in [0.25, 0.3) is 5.91 Å². The summed E-state index contributed by atoms with van der Waals surface area (Å²) in [6.07, 6.45) is 3.38. The van der Waals surface area contributed by atoms with Crippen LogP contribution in [0.5, 0.6) is 17.2 Å². The molecule has 0 radical (unpaired) electrons. The van der Waals surface area contributed by atoms with E-state index in [1.807, 2.05) is 0 Å². The maximum absolute atomic E-state index is 12.8. The van der Waals surface area contributed by atoms with Crippen LogP contribution in [0.25, 0.3) is 0 Å². The number of amides is 1. The Kier molecular flexibility index (Phi) is 6.88. The van der Waals surface area contributed by atoms with E-state index in [0.29, 0.717) is 52.3 Å². The predicted octanol–water partition coefficient (Wildman–Crippen LogP) is 6.46. The van der Waals surface area contributed by atoms with Crippen molar-refractivity contribution in [3.8, 4) is 17.2 Å². The number of benzene rings is 3. The summed E-state index contributed by atoms with van der Waals surface area (Å²) in [5, 5.41) is 12.9. The van der Waals surface area contributed by atoms with E-state index >= 15 is 0 Å². The Hall–Kier alpha value is -3.51. The molecule has 2 N–H and O–H groups in total. The van der Waals surface area contributed by atoms with Gasteiger partial charge in [-0.05, 0) is 74.4 Å². The molecule has 0 spiro atoms. The Labute approximate surface area is 215 Å². The van der Waals surface area contributed by atoms with Crippen LogP contribution in [-0.4, -0.2) is 29.6 Å². The standard InChI is InChI=1S/C29H28ClNO5/c1-17-3-2-4-19(13-17)20-5-8-21(14-20)31-28(32)18-6-9-22(10-7-18)36-27-16-26-24(15-25(27)30)23(29(33)34)11-12-35-26/h2-4,6-7,9-10,13,15-16,20-21,23H,5,8,11-12,14H2,1H3,(H,31,32)(H,33,34). The number of aryl methyl sites for hydroxylation is 1. The summed E-state index contributed by atoms with van der Waals surface area (Å²) in [6.45, 7) is 2.43. The second kappa shape index (κ2) is 10.2. The van der Waals surface area contributed by atoms with Crippen LogP contribution in [0.1, 0.15) is 64.6 Å². The molecule has 36 heavy (non-hydrogen) atoms. The number of aliphatic carboxylic acids is 1. The van der Waals surface area contributed by atoms with Crippen molar-refractivity contribution in [2.24, 2.45) is 0 Å². The minimum Gasteiger partial charge on any atom is -0.493 e. The first-order chi connectivity index (χ1) is 17.4. The molecule has 3 unspecified atom stereocenters. The third-order valence-corrected chi connectivity index (χ3v) is 7.32. The van der Waals surface area contributed by atoms with Crippen molar-refractivity contribution in [1.29, 1.82) is 0 Å². The summed E-state index contributed by atoms with van der Waals surface area (Å²) >= 11 is 6.38. The van der Waals surface area contributed by atoms with Crippen molar-refractivity contribution in [1.82, 2.24) is 5.32 Å². The number of nitrogens with one attached hydrogen (secondary N) is 1. The maximum atomic E-state index is 12.8. The van der Waals surface area contributed by atoms with Gasteiger partial charge in [0.2, 0.25) is 0 Å². The first-order valence-corrected chi connectivity index (χ1v) is 12.6. The second-order valence-electron chi connectivity index (χ2n) is 9.57. The lowest BCUT2D eigenvalue weighted by Crippen LogP contribution is -2.32. The average molecular weight is 506 g/mol. The number of carboxylic acids is 1. The molecule has 0 saturated heterocycles. The lowest BCUT2D eigenvalue weighted by molar-refractivity contribution is -0.139. The highest BCUT2D eigenvalue weighted by atomic mass is 35.5. The van der Waals surface area contributed by atoms with Gasteiger partial charge in [-0.25, -0.2) is 0 Å². The molecule has 7 heteroatoms. The molecular formula is C29H28ClNO5. The molecule has 6 nitrogen and oxygen atoms in total. The zero-order valence-corrected chi connectivity index (χ0v) is 20.8. The van der Waals surface area contributed by atoms with Gasteiger partial charge in [0, 0.05) is 23.2 Å². The molecule has 5 rings (SSSR count). The molecule has 0 bridgehead atoms.